The second kappa shape index (κ2) is 11.3. The highest BCUT2D eigenvalue weighted by molar-refractivity contribution is 6.36. The molecule has 0 unspecified atom stereocenters. The molecule has 10 heteroatoms. The molecule has 2 aromatic carbocycles. The second-order valence-electron chi connectivity index (χ2n) is 11.4. The van der Waals surface area contributed by atoms with Gasteiger partial charge in [-0.05, 0) is 66.8 Å². The number of fused-ring (bicyclic) bond motifs is 2. The van der Waals surface area contributed by atoms with Crippen molar-refractivity contribution in [1.29, 1.82) is 0 Å². The maximum atomic E-state index is 13.9. The second-order valence-corrected chi connectivity index (χ2v) is 11.8. The lowest BCUT2D eigenvalue weighted by molar-refractivity contribution is -0.133. The number of hydrogen-bond acceptors (Lipinski definition) is 5. The van der Waals surface area contributed by atoms with E-state index in [0.717, 1.165) is 41.3 Å². The summed E-state index contributed by atoms with van der Waals surface area (Å²) in [6, 6.07) is 13.7. The first kappa shape index (κ1) is 27.5. The van der Waals surface area contributed by atoms with E-state index >= 15 is 0 Å². The lowest BCUT2D eigenvalue weighted by atomic mass is 9.92. The molecule has 0 bridgehead atoms. The van der Waals surface area contributed by atoms with Crippen molar-refractivity contribution in [1.82, 2.24) is 20.5 Å². The number of carbonyl (C=O) groups is 4. The minimum absolute atomic E-state index is 0.0174. The SMILES string of the molecule is O=C1NCC[C@H]1C[C@H](NC(=O)[C@@H]1[C@H]2CCC[C@H]2CN1C(=O)c1cc2c(Cl)cc(-c3ccccc3)cc2[nH]1)C(=O)CO. The zero-order valence-corrected chi connectivity index (χ0v) is 23.3. The number of nitrogens with zero attached hydrogens (tertiary/aromatic N) is 1. The number of carbonyl (C=O) groups excluding carboxylic acids is 4. The number of aliphatic hydroxyl groups excluding tert-OH is 1. The summed E-state index contributed by atoms with van der Waals surface area (Å²) in [5, 5.41) is 16.4. The molecule has 1 aromatic heterocycles. The van der Waals surface area contributed by atoms with Crippen LogP contribution in [0.15, 0.2) is 48.5 Å². The summed E-state index contributed by atoms with van der Waals surface area (Å²) in [5.74, 6) is -1.65. The van der Waals surface area contributed by atoms with Crippen molar-refractivity contribution in [2.24, 2.45) is 17.8 Å². The molecule has 6 rings (SSSR count). The lowest BCUT2D eigenvalue weighted by Crippen LogP contribution is -2.53. The van der Waals surface area contributed by atoms with Crippen LogP contribution in [0.3, 0.4) is 0 Å². The average Bonchev–Trinajstić information content (AvgIpc) is 3.76. The van der Waals surface area contributed by atoms with E-state index < -0.39 is 36.3 Å². The van der Waals surface area contributed by atoms with E-state index in [9.17, 15) is 24.3 Å². The molecule has 3 aromatic rings. The number of ketones is 1. The molecule has 3 amide bonds. The van der Waals surface area contributed by atoms with E-state index in [2.05, 4.69) is 15.6 Å². The Morgan fingerprint density at radius 3 is 2.61 bits per heavy atom. The van der Waals surface area contributed by atoms with Crippen LogP contribution in [0.1, 0.15) is 42.6 Å². The van der Waals surface area contributed by atoms with Crippen LogP contribution >= 0.6 is 11.6 Å². The van der Waals surface area contributed by atoms with Crippen LogP contribution in [-0.2, 0) is 14.4 Å². The zero-order chi connectivity index (χ0) is 28.7. The fourth-order valence-corrected chi connectivity index (χ4v) is 7.18. The van der Waals surface area contributed by atoms with Crippen molar-refractivity contribution in [2.45, 2.75) is 44.2 Å². The number of benzene rings is 2. The summed E-state index contributed by atoms with van der Waals surface area (Å²) in [6.07, 6.45) is 3.41. The molecule has 5 atom stereocenters. The van der Waals surface area contributed by atoms with E-state index in [-0.39, 0.29) is 30.1 Å². The third-order valence-corrected chi connectivity index (χ3v) is 9.30. The van der Waals surface area contributed by atoms with Gasteiger partial charge in [-0.15, -0.1) is 0 Å². The number of rotatable bonds is 8. The molecule has 3 fully saturated rings. The number of Topliss-reactive ketones (excluding diaryl/α,β-unsaturated/α-hetero) is 1. The van der Waals surface area contributed by atoms with Crippen LogP contribution < -0.4 is 10.6 Å². The predicted octanol–water partition coefficient (Wildman–Crippen LogP) is 3.30. The first-order valence-corrected chi connectivity index (χ1v) is 14.6. The molecule has 9 nitrogen and oxygen atoms in total. The molecular formula is C31H33ClN4O5. The number of H-pyrrole nitrogens is 1. The first-order chi connectivity index (χ1) is 19.8. The highest BCUT2D eigenvalue weighted by Crippen LogP contribution is 2.43. The Morgan fingerprint density at radius 2 is 1.88 bits per heavy atom. The molecule has 1 saturated carbocycles. The van der Waals surface area contributed by atoms with Gasteiger partial charge in [-0.1, -0.05) is 48.4 Å². The van der Waals surface area contributed by atoms with E-state index in [1.165, 1.54) is 0 Å². The Kier molecular flexibility index (Phi) is 7.57. The van der Waals surface area contributed by atoms with Crippen LogP contribution in [0.5, 0.6) is 0 Å². The molecule has 4 N–H and O–H groups in total. The Labute approximate surface area is 242 Å². The van der Waals surface area contributed by atoms with Gasteiger partial charge in [0.25, 0.3) is 5.91 Å². The maximum Gasteiger partial charge on any atom is 0.271 e. The van der Waals surface area contributed by atoms with Gasteiger partial charge in [-0.2, -0.15) is 0 Å². The number of nitrogens with one attached hydrogen (secondary N) is 3. The molecule has 2 saturated heterocycles. The Bertz CT molecular complexity index is 1500. The molecule has 0 radical (unpaired) electrons. The average molecular weight is 577 g/mol. The molecular weight excluding hydrogens is 544 g/mol. The molecule has 214 valence electrons. The van der Waals surface area contributed by atoms with Gasteiger partial charge in [0, 0.05) is 29.9 Å². The largest absolute Gasteiger partial charge is 0.389 e. The third kappa shape index (κ3) is 5.24. The molecule has 41 heavy (non-hydrogen) atoms. The molecule has 2 aliphatic heterocycles. The minimum atomic E-state index is -0.998. The summed E-state index contributed by atoms with van der Waals surface area (Å²) in [4.78, 5) is 57.3. The van der Waals surface area contributed by atoms with Gasteiger partial charge in [0.1, 0.15) is 18.3 Å². The number of aromatic nitrogens is 1. The number of likely N-dealkylation sites (tertiary alicyclic amines) is 1. The standard InChI is InChI=1S/C31H33ClN4O5/c32-23-11-20(17-5-2-1-3-6-17)13-24-22(23)14-26(34-24)31(41)36-15-19-7-4-8-21(19)28(36)30(40)35-25(27(38)16-37)12-18-9-10-33-29(18)39/h1-3,5-6,11,13-14,18-19,21,25,28,34,37H,4,7-10,12,15-16H2,(H,33,39)(H,35,40)/t18-,19-,21-,25-,28-/m0/s1. The number of aliphatic hydroxyl groups is 1. The number of aromatic amines is 1. The van der Waals surface area contributed by atoms with Crippen LogP contribution in [0.4, 0.5) is 0 Å². The highest BCUT2D eigenvalue weighted by atomic mass is 35.5. The van der Waals surface area contributed by atoms with Crippen molar-refractivity contribution in [3.05, 3.63) is 59.2 Å². The summed E-state index contributed by atoms with van der Waals surface area (Å²) < 4.78 is 0. The van der Waals surface area contributed by atoms with E-state index in [4.69, 9.17) is 11.6 Å². The third-order valence-electron chi connectivity index (χ3n) is 8.99. The van der Waals surface area contributed by atoms with E-state index in [0.29, 0.717) is 30.2 Å². The molecule has 3 aliphatic rings. The quantitative estimate of drug-likeness (QED) is 0.327. The van der Waals surface area contributed by atoms with Gasteiger partial charge in [-0.25, -0.2) is 0 Å². The summed E-state index contributed by atoms with van der Waals surface area (Å²) in [5.41, 5.74) is 3.00. The minimum Gasteiger partial charge on any atom is -0.389 e. The highest BCUT2D eigenvalue weighted by Gasteiger charge is 2.50. The number of hydrogen-bond donors (Lipinski definition) is 4. The van der Waals surface area contributed by atoms with Gasteiger partial charge in [0.05, 0.1) is 11.1 Å². The fourth-order valence-electron chi connectivity index (χ4n) is 6.90. The van der Waals surface area contributed by atoms with Crippen molar-refractivity contribution >= 4 is 46.0 Å². The van der Waals surface area contributed by atoms with Crippen LogP contribution in [0, 0.1) is 17.8 Å². The lowest BCUT2D eigenvalue weighted by Gasteiger charge is -2.29. The Hall–Kier alpha value is -3.69. The maximum absolute atomic E-state index is 13.9. The molecule has 3 heterocycles. The number of halogens is 1. The topological polar surface area (TPSA) is 132 Å². The zero-order valence-electron chi connectivity index (χ0n) is 22.6. The van der Waals surface area contributed by atoms with Crippen molar-refractivity contribution < 1.29 is 24.3 Å². The fraction of sp³-hybridized carbons (Fsp3) is 0.419. The monoisotopic (exact) mass is 576 g/mol. The van der Waals surface area contributed by atoms with Crippen LogP contribution in [-0.4, -0.2) is 70.3 Å². The Morgan fingerprint density at radius 1 is 1.07 bits per heavy atom. The van der Waals surface area contributed by atoms with E-state index in [1.54, 1.807) is 11.0 Å². The first-order valence-electron chi connectivity index (χ1n) is 14.2. The van der Waals surface area contributed by atoms with Crippen LogP contribution in [0.2, 0.25) is 5.02 Å². The normalized spacial score (nSPS) is 24.3. The molecule has 1 aliphatic carbocycles. The smallest absolute Gasteiger partial charge is 0.271 e. The predicted molar refractivity (Wildman–Crippen MR) is 154 cm³/mol. The molecule has 0 spiro atoms. The van der Waals surface area contributed by atoms with Crippen molar-refractivity contribution in [2.75, 3.05) is 19.7 Å². The van der Waals surface area contributed by atoms with Crippen molar-refractivity contribution in [3.8, 4) is 11.1 Å². The van der Waals surface area contributed by atoms with Gasteiger partial charge in [0.15, 0.2) is 5.78 Å². The number of amides is 3. The summed E-state index contributed by atoms with van der Waals surface area (Å²) >= 11 is 6.64. The van der Waals surface area contributed by atoms with Gasteiger partial charge < -0.3 is 25.6 Å². The van der Waals surface area contributed by atoms with Gasteiger partial charge in [-0.3, -0.25) is 19.2 Å². The van der Waals surface area contributed by atoms with Crippen molar-refractivity contribution in [3.63, 3.8) is 0 Å². The van der Waals surface area contributed by atoms with E-state index in [1.807, 2.05) is 42.5 Å². The van der Waals surface area contributed by atoms with Gasteiger partial charge >= 0.3 is 0 Å². The Balaban J connectivity index is 1.27. The van der Waals surface area contributed by atoms with Gasteiger partial charge in [0.2, 0.25) is 11.8 Å². The summed E-state index contributed by atoms with van der Waals surface area (Å²) in [6.45, 7) is 0.233. The van der Waals surface area contributed by atoms with Crippen LogP contribution in [0.25, 0.3) is 22.0 Å². The summed E-state index contributed by atoms with van der Waals surface area (Å²) in [7, 11) is 0.